The van der Waals surface area contributed by atoms with Crippen LogP contribution in [0.2, 0.25) is 0 Å². The van der Waals surface area contributed by atoms with Crippen LogP contribution < -0.4 is 5.32 Å². The molecule has 0 saturated carbocycles. The molecule has 136 valence electrons. The molecule has 26 heavy (non-hydrogen) atoms. The van der Waals surface area contributed by atoms with Crippen LogP contribution in [0.15, 0.2) is 36.5 Å². The van der Waals surface area contributed by atoms with Crippen molar-refractivity contribution >= 4 is 0 Å². The third-order valence-electron chi connectivity index (χ3n) is 4.90. The predicted molar refractivity (Wildman–Crippen MR) is 104 cm³/mol. The second kappa shape index (κ2) is 7.79. The fraction of sp³-hybridized carbons (Fsp3) is 0.381. The summed E-state index contributed by atoms with van der Waals surface area (Å²) in [5.74, 6) is 0.812. The molecule has 0 spiro atoms. The van der Waals surface area contributed by atoms with Gasteiger partial charge in [0.05, 0.1) is 12.2 Å². The highest BCUT2D eigenvalue weighted by Crippen LogP contribution is 2.19. The highest BCUT2D eigenvalue weighted by molar-refractivity contribution is 5.27. The first kappa shape index (κ1) is 18.3. The van der Waals surface area contributed by atoms with Crippen LogP contribution in [0.3, 0.4) is 0 Å². The number of benzene rings is 1. The van der Waals surface area contributed by atoms with Gasteiger partial charge >= 0.3 is 0 Å². The molecule has 1 aromatic carbocycles. The van der Waals surface area contributed by atoms with Crippen molar-refractivity contribution < 1.29 is 0 Å². The van der Waals surface area contributed by atoms with Gasteiger partial charge in [0, 0.05) is 41.3 Å². The standard InChI is InChI=1S/C21H27N5/c1-14(20-11-23-18(5)24-15(20)2)22-12-21-16(3)25-26(17(21)4)13-19-9-7-6-8-10-19/h6-11,14,22H,12-13H2,1-5H3/t14-/m0/s1. The maximum absolute atomic E-state index is 4.74. The Morgan fingerprint density at radius 1 is 1.04 bits per heavy atom. The molecule has 0 aliphatic carbocycles. The highest BCUT2D eigenvalue weighted by Gasteiger charge is 2.15. The van der Waals surface area contributed by atoms with Gasteiger partial charge in [0.2, 0.25) is 0 Å². The molecule has 1 atom stereocenters. The second-order valence-electron chi connectivity index (χ2n) is 6.85. The monoisotopic (exact) mass is 349 g/mol. The zero-order valence-electron chi connectivity index (χ0n) is 16.2. The van der Waals surface area contributed by atoms with Crippen LogP contribution in [0, 0.1) is 27.7 Å². The van der Waals surface area contributed by atoms with Crippen molar-refractivity contribution in [1.29, 1.82) is 0 Å². The van der Waals surface area contributed by atoms with Crippen LogP contribution in [0.4, 0.5) is 0 Å². The van der Waals surface area contributed by atoms with Gasteiger partial charge in [0.15, 0.2) is 0 Å². The smallest absolute Gasteiger partial charge is 0.125 e. The van der Waals surface area contributed by atoms with Crippen molar-refractivity contribution in [2.75, 3.05) is 0 Å². The zero-order valence-corrected chi connectivity index (χ0v) is 16.2. The zero-order chi connectivity index (χ0) is 18.7. The molecule has 0 amide bonds. The van der Waals surface area contributed by atoms with Gasteiger partial charge in [0.25, 0.3) is 0 Å². The minimum atomic E-state index is 0.187. The van der Waals surface area contributed by atoms with E-state index >= 15 is 0 Å². The topological polar surface area (TPSA) is 55.6 Å². The molecular weight excluding hydrogens is 322 g/mol. The maximum Gasteiger partial charge on any atom is 0.125 e. The average molecular weight is 349 g/mol. The van der Waals surface area contributed by atoms with E-state index in [-0.39, 0.29) is 6.04 Å². The molecule has 0 saturated heterocycles. The number of rotatable bonds is 6. The average Bonchev–Trinajstić information content (AvgIpc) is 2.87. The summed E-state index contributed by atoms with van der Waals surface area (Å²) in [6.07, 6.45) is 1.92. The van der Waals surface area contributed by atoms with Crippen LogP contribution >= 0.6 is 0 Å². The lowest BCUT2D eigenvalue weighted by atomic mass is 10.1. The summed E-state index contributed by atoms with van der Waals surface area (Å²) >= 11 is 0. The van der Waals surface area contributed by atoms with Crippen LogP contribution in [-0.2, 0) is 13.1 Å². The summed E-state index contributed by atoms with van der Waals surface area (Å²) in [5.41, 5.74) is 6.99. The van der Waals surface area contributed by atoms with Gasteiger partial charge in [-0.3, -0.25) is 4.68 Å². The van der Waals surface area contributed by atoms with Crippen molar-refractivity contribution in [2.24, 2.45) is 0 Å². The van der Waals surface area contributed by atoms with E-state index in [9.17, 15) is 0 Å². The van der Waals surface area contributed by atoms with Crippen molar-refractivity contribution in [3.8, 4) is 0 Å². The summed E-state index contributed by atoms with van der Waals surface area (Å²) in [5, 5.41) is 8.34. The molecule has 0 radical (unpaired) electrons. The first-order valence-corrected chi connectivity index (χ1v) is 9.06. The molecular formula is C21H27N5. The van der Waals surface area contributed by atoms with Crippen LogP contribution in [0.25, 0.3) is 0 Å². The van der Waals surface area contributed by atoms with Gasteiger partial charge in [-0.1, -0.05) is 30.3 Å². The number of hydrogen-bond donors (Lipinski definition) is 1. The minimum Gasteiger partial charge on any atom is -0.306 e. The van der Waals surface area contributed by atoms with Crippen LogP contribution in [0.5, 0.6) is 0 Å². The van der Waals surface area contributed by atoms with Crippen molar-refractivity contribution in [3.63, 3.8) is 0 Å². The van der Waals surface area contributed by atoms with Gasteiger partial charge in [-0.2, -0.15) is 5.10 Å². The number of nitrogens with one attached hydrogen (secondary N) is 1. The largest absolute Gasteiger partial charge is 0.306 e. The normalized spacial score (nSPS) is 12.3. The molecule has 5 heteroatoms. The number of nitrogens with zero attached hydrogens (tertiary/aromatic N) is 4. The Morgan fingerprint density at radius 2 is 1.77 bits per heavy atom. The van der Waals surface area contributed by atoms with Crippen LogP contribution in [0.1, 0.15) is 52.6 Å². The van der Waals surface area contributed by atoms with Gasteiger partial charge in [-0.05, 0) is 40.2 Å². The highest BCUT2D eigenvalue weighted by atomic mass is 15.3. The van der Waals surface area contributed by atoms with Gasteiger partial charge in [-0.25, -0.2) is 9.97 Å². The summed E-state index contributed by atoms with van der Waals surface area (Å²) in [7, 11) is 0. The lowest BCUT2D eigenvalue weighted by Crippen LogP contribution is -2.20. The SMILES string of the molecule is Cc1ncc([C@H](C)NCc2c(C)nn(Cc3ccccc3)c2C)c(C)n1. The molecule has 0 unspecified atom stereocenters. The molecule has 5 nitrogen and oxygen atoms in total. The van der Waals surface area contributed by atoms with Crippen molar-refractivity contribution in [2.45, 2.75) is 53.8 Å². The number of hydrogen-bond acceptors (Lipinski definition) is 4. The Hall–Kier alpha value is -2.53. The van der Waals surface area contributed by atoms with E-state index in [2.05, 4.69) is 65.0 Å². The van der Waals surface area contributed by atoms with Crippen molar-refractivity contribution in [3.05, 3.63) is 76.1 Å². The Balaban J connectivity index is 1.72. The fourth-order valence-corrected chi connectivity index (χ4v) is 3.28. The molecule has 0 fully saturated rings. The van der Waals surface area contributed by atoms with Crippen molar-refractivity contribution in [1.82, 2.24) is 25.1 Å². The maximum atomic E-state index is 4.74. The molecule has 2 heterocycles. The molecule has 1 N–H and O–H groups in total. The van der Waals surface area contributed by atoms with Gasteiger partial charge in [-0.15, -0.1) is 0 Å². The van der Waals surface area contributed by atoms with E-state index in [4.69, 9.17) is 5.10 Å². The molecule has 3 rings (SSSR count). The first-order chi connectivity index (χ1) is 12.5. The van der Waals surface area contributed by atoms with E-state index in [0.717, 1.165) is 35.9 Å². The third kappa shape index (κ3) is 3.99. The van der Waals surface area contributed by atoms with E-state index in [1.54, 1.807) is 0 Å². The van der Waals surface area contributed by atoms with E-state index in [1.807, 2.05) is 26.1 Å². The first-order valence-electron chi connectivity index (χ1n) is 9.06. The van der Waals surface area contributed by atoms with E-state index in [1.165, 1.54) is 16.8 Å². The Morgan fingerprint density at radius 3 is 2.46 bits per heavy atom. The van der Waals surface area contributed by atoms with Crippen LogP contribution in [-0.4, -0.2) is 19.7 Å². The lowest BCUT2D eigenvalue weighted by molar-refractivity contribution is 0.563. The second-order valence-corrected chi connectivity index (χ2v) is 6.85. The Bertz CT molecular complexity index is 883. The molecule has 0 aliphatic rings. The summed E-state index contributed by atoms with van der Waals surface area (Å²) in [4.78, 5) is 8.80. The lowest BCUT2D eigenvalue weighted by Gasteiger charge is -2.16. The number of aryl methyl sites for hydroxylation is 3. The summed E-state index contributed by atoms with van der Waals surface area (Å²) in [6.45, 7) is 11.9. The van der Waals surface area contributed by atoms with Gasteiger partial charge in [0.1, 0.15) is 5.82 Å². The quantitative estimate of drug-likeness (QED) is 0.735. The summed E-state index contributed by atoms with van der Waals surface area (Å²) < 4.78 is 2.09. The van der Waals surface area contributed by atoms with E-state index < -0.39 is 0 Å². The Kier molecular flexibility index (Phi) is 5.47. The van der Waals surface area contributed by atoms with E-state index in [0.29, 0.717) is 0 Å². The molecule has 3 aromatic rings. The predicted octanol–water partition coefficient (Wildman–Crippen LogP) is 3.81. The number of aromatic nitrogens is 4. The third-order valence-corrected chi connectivity index (χ3v) is 4.90. The Labute approximate surface area is 155 Å². The molecule has 0 bridgehead atoms. The van der Waals surface area contributed by atoms with Gasteiger partial charge < -0.3 is 5.32 Å². The minimum absolute atomic E-state index is 0.187. The summed E-state index contributed by atoms with van der Waals surface area (Å²) in [6, 6.07) is 10.6. The fourth-order valence-electron chi connectivity index (χ4n) is 3.28. The molecule has 2 aromatic heterocycles. The molecule has 0 aliphatic heterocycles.